The Balaban J connectivity index is 1.57. The molecule has 1 amide bonds. The average Bonchev–Trinajstić information content (AvgIpc) is 3.41. The fourth-order valence-corrected chi connectivity index (χ4v) is 3.86. The summed E-state index contributed by atoms with van der Waals surface area (Å²) >= 11 is 0. The van der Waals surface area contributed by atoms with Crippen LogP contribution in [0.2, 0.25) is 0 Å². The summed E-state index contributed by atoms with van der Waals surface area (Å²) in [5.41, 5.74) is 0.651. The van der Waals surface area contributed by atoms with Crippen molar-refractivity contribution >= 4 is 5.91 Å². The van der Waals surface area contributed by atoms with Crippen molar-refractivity contribution in [2.75, 3.05) is 33.4 Å². The van der Waals surface area contributed by atoms with Gasteiger partial charge in [-0.15, -0.1) is 0 Å². The van der Waals surface area contributed by atoms with E-state index in [-0.39, 0.29) is 28.9 Å². The van der Waals surface area contributed by atoms with Crippen molar-refractivity contribution in [1.82, 2.24) is 10.6 Å². The summed E-state index contributed by atoms with van der Waals surface area (Å²) in [6, 6.07) is 6.72. The first-order valence-electron chi connectivity index (χ1n) is 9.06. The molecule has 2 aliphatic rings. The molecule has 144 valence electrons. The number of para-hydroxylation sites is 1. The summed E-state index contributed by atoms with van der Waals surface area (Å²) in [4.78, 5) is 12.6. The number of nitrogens with one attached hydrogen (secondary N) is 2. The Bertz CT molecular complexity index is 615. The molecule has 0 radical (unpaired) electrons. The van der Waals surface area contributed by atoms with Crippen molar-refractivity contribution < 1.29 is 23.0 Å². The molecule has 0 bridgehead atoms. The number of halogens is 2. The van der Waals surface area contributed by atoms with E-state index in [0.29, 0.717) is 25.1 Å². The van der Waals surface area contributed by atoms with Gasteiger partial charge < -0.3 is 20.1 Å². The third-order valence-corrected chi connectivity index (χ3v) is 5.41. The Labute approximate surface area is 152 Å². The highest BCUT2D eigenvalue weighted by Crippen LogP contribution is 2.50. The second-order valence-corrected chi connectivity index (χ2v) is 7.27. The number of hydrogen-bond acceptors (Lipinski definition) is 4. The molecule has 2 N–H and O–H groups in total. The predicted molar refractivity (Wildman–Crippen MR) is 93.3 cm³/mol. The van der Waals surface area contributed by atoms with Crippen molar-refractivity contribution in [1.29, 1.82) is 0 Å². The summed E-state index contributed by atoms with van der Waals surface area (Å²) in [7, 11) is 1.68. The lowest BCUT2D eigenvalue weighted by atomic mass is 9.79. The lowest BCUT2D eigenvalue weighted by Crippen LogP contribution is -2.47. The van der Waals surface area contributed by atoms with E-state index in [1.807, 2.05) is 0 Å². The highest BCUT2D eigenvalue weighted by Gasteiger charge is 2.46. The van der Waals surface area contributed by atoms with Gasteiger partial charge in [0.2, 0.25) is 5.91 Å². The lowest BCUT2D eigenvalue weighted by molar-refractivity contribution is -0.123. The second-order valence-electron chi connectivity index (χ2n) is 7.27. The Morgan fingerprint density at radius 2 is 2.08 bits per heavy atom. The van der Waals surface area contributed by atoms with Crippen LogP contribution in [-0.4, -0.2) is 45.9 Å². The second kappa shape index (κ2) is 8.31. The normalized spacial score (nSPS) is 24.3. The zero-order chi connectivity index (χ0) is 18.6. The van der Waals surface area contributed by atoms with E-state index in [9.17, 15) is 13.6 Å². The van der Waals surface area contributed by atoms with Crippen LogP contribution in [0.1, 0.15) is 30.7 Å². The van der Waals surface area contributed by atoms with Gasteiger partial charge in [-0.05, 0) is 49.9 Å². The SMILES string of the molecule is COCC1(CNC(=O)C2CC2c2ccccc2OC(F)F)CCNCC1. The van der Waals surface area contributed by atoms with E-state index in [1.165, 1.54) is 6.07 Å². The topological polar surface area (TPSA) is 59.6 Å². The molecule has 1 aromatic carbocycles. The summed E-state index contributed by atoms with van der Waals surface area (Å²) in [5.74, 6) is -0.0945. The van der Waals surface area contributed by atoms with Gasteiger partial charge in [0.1, 0.15) is 5.75 Å². The van der Waals surface area contributed by atoms with Gasteiger partial charge in [-0.2, -0.15) is 8.78 Å². The molecule has 2 atom stereocenters. The molecule has 1 heterocycles. The third-order valence-electron chi connectivity index (χ3n) is 5.41. The molecule has 1 aliphatic carbocycles. The number of hydrogen-bond donors (Lipinski definition) is 2. The lowest BCUT2D eigenvalue weighted by Gasteiger charge is -2.37. The molecule has 0 spiro atoms. The molecule has 1 aromatic rings. The standard InChI is InChI=1S/C19H26F2N2O3/c1-25-12-19(6-8-22-9-7-19)11-23-17(24)15-10-14(15)13-4-2-3-5-16(13)26-18(20)21/h2-5,14-15,18,22H,6-12H2,1H3,(H,23,24). The van der Waals surface area contributed by atoms with E-state index in [1.54, 1.807) is 25.3 Å². The van der Waals surface area contributed by atoms with Crippen LogP contribution in [0.3, 0.4) is 0 Å². The van der Waals surface area contributed by atoms with Crippen molar-refractivity contribution in [3.63, 3.8) is 0 Å². The van der Waals surface area contributed by atoms with Gasteiger partial charge in [0.15, 0.2) is 0 Å². The smallest absolute Gasteiger partial charge is 0.387 e. The van der Waals surface area contributed by atoms with Gasteiger partial charge in [-0.3, -0.25) is 4.79 Å². The number of amides is 1. The largest absolute Gasteiger partial charge is 0.435 e. The van der Waals surface area contributed by atoms with E-state index < -0.39 is 6.61 Å². The van der Waals surface area contributed by atoms with Crippen molar-refractivity contribution in [3.8, 4) is 5.75 Å². The maximum atomic E-state index is 12.6. The van der Waals surface area contributed by atoms with Crippen LogP contribution >= 0.6 is 0 Å². The number of carbonyl (C=O) groups excluding carboxylic acids is 1. The van der Waals surface area contributed by atoms with Crippen LogP contribution in [0.4, 0.5) is 8.78 Å². The molecule has 26 heavy (non-hydrogen) atoms. The number of benzene rings is 1. The van der Waals surface area contributed by atoms with Gasteiger partial charge >= 0.3 is 6.61 Å². The van der Waals surface area contributed by atoms with Crippen molar-refractivity contribution in [2.24, 2.45) is 11.3 Å². The summed E-state index contributed by atoms with van der Waals surface area (Å²) in [6.45, 7) is 0.178. The number of piperidine rings is 1. The molecule has 3 rings (SSSR count). The first-order chi connectivity index (χ1) is 12.5. The molecule has 5 nitrogen and oxygen atoms in total. The molecule has 1 aliphatic heterocycles. The first-order valence-corrected chi connectivity index (χ1v) is 9.06. The Hall–Kier alpha value is -1.73. The maximum absolute atomic E-state index is 12.6. The monoisotopic (exact) mass is 368 g/mol. The quantitative estimate of drug-likeness (QED) is 0.740. The van der Waals surface area contributed by atoms with Crippen LogP contribution in [0, 0.1) is 11.3 Å². The van der Waals surface area contributed by atoms with E-state index in [0.717, 1.165) is 25.9 Å². The Morgan fingerprint density at radius 1 is 1.35 bits per heavy atom. The van der Waals surface area contributed by atoms with Crippen molar-refractivity contribution in [3.05, 3.63) is 29.8 Å². The summed E-state index contributed by atoms with van der Waals surface area (Å²) in [5, 5.41) is 6.39. The number of alkyl halides is 2. The zero-order valence-corrected chi connectivity index (χ0v) is 15.0. The fraction of sp³-hybridized carbons (Fsp3) is 0.632. The van der Waals surface area contributed by atoms with Crippen molar-refractivity contribution in [2.45, 2.75) is 31.8 Å². The Kier molecular flexibility index (Phi) is 6.09. The predicted octanol–water partition coefficient (Wildman–Crippen LogP) is 2.52. The van der Waals surface area contributed by atoms with Gasteiger partial charge in [0.25, 0.3) is 0 Å². The van der Waals surface area contributed by atoms with Crippen LogP contribution in [0.15, 0.2) is 24.3 Å². The molecule has 1 saturated heterocycles. The third kappa shape index (κ3) is 4.51. The molecule has 1 saturated carbocycles. The zero-order valence-electron chi connectivity index (χ0n) is 15.0. The van der Waals surface area contributed by atoms with Gasteiger partial charge in [-0.25, -0.2) is 0 Å². The van der Waals surface area contributed by atoms with Crippen LogP contribution in [0.25, 0.3) is 0 Å². The number of rotatable bonds is 8. The average molecular weight is 368 g/mol. The highest BCUT2D eigenvalue weighted by molar-refractivity contribution is 5.83. The van der Waals surface area contributed by atoms with Gasteiger partial charge in [0, 0.05) is 25.0 Å². The summed E-state index contributed by atoms with van der Waals surface area (Å²) in [6.07, 6.45) is 2.58. The summed E-state index contributed by atoms with van der Waals surface area (Å²) < 4.78 is 35.1. The number of carbonyl (C=O) groups is 1. The van der Waals surface area contributed by atoms with Crippen LogP contribution < -0.4 is 15.4 Å². The first kappa shape index (κ1) is 19.0. The minimum atomic E-state index is -2.86. The minimum Gasteiger partial charge on any atom is -0.435 e. The van der Waals surface area contributed by atoms with E-state index in [4.69, 9.17) is 4.74 Å². The molecule has 2 fully saturated rings. The maximum Gasteiger partial charge on any atom is 0.387 e. The highest BCUT2D eigenvalue weighted by atomic mass is 19.3. The number of methoxy groups -OCH3 is 1. The van der Waals surface area contributed by atoms with E-state index in [2.05, 4.69) is 15.4 Å². The van der Waals surface area contributed by atoms with Crippen LogP contribution in [0.5, 0.6) is 5.75 Å². The minimum absolute atomic E-state index is 0.0177. The van der Waals surface area contributed by atoms with Gasteiger partial charge in [-0.1, -0.05) is 18.2 Å². The molecule has 0 aromatic heterocycles. The van der Waals surface area contributed by atoms with Crippen LogP contribution in [-0.2, 0) is 9.53 Å². The number of ether oxygens (including phenoxy) is 2. The van der Waals surface area contributed by atoms with Gasteiger partial charge in [0.05, 0.1) is 6.61 Å². The molecule has 2 unspecified atom stereocenters. The molecular weight excluding hydrogens is 342 g/mol. The fourth-order valence-electron chi connectivity index (χ4n) is 3.86. The van der Waals surface area contributed by atoms with E-state index >= 15 is 0 Å². The Morgan fingerprint density at radius 3 is 2.77 bits per heavy atom. The molecular formula is C19H26F2N2O3. The molecule has 7 heteroatoms.